The molecule has 1 aromatic rings. The van der Waals surface area contributed by atoms with Crippen molar-refractivity contribution in [3.8, 4) is 0 Å². The highest BCUT2D eigenvalue weighted by Gasteiger charge is 2.25. The predicted molar refractivity (Wildman–Crippen MR) is 73.9 cm³/mol. The molecule has 0 fully saturated rings. The maximum Gasteiger partial charge on any atom is 0.251 e. The van der Waals surface area contributed by atoms with Gasteiger partial charge < -0.3 is 16.8 Å². The first-order chi connectivity index (χ1) is 8.24. The highest BCUT2D eigenvalue weighted by molar-refractivity contribution is 9.10. The van der Waals surface area contributed by atoms with E-state index in [0.717, 1.165) is 4.47 Å². The zero-order chi connectivity index (χ0) is 13.9. The second-order valence-electron chi connectivity index (χ2n) is 4.67. The molecule has 0 aliphatic carbocycles. The highest BCUT2D eigenvalue weighted by Crippen LogP contribution is 2.20. The summed E-state index contributed by atoms with van der Waals surface area (Å²) >= 11 is 3.25. The maximum atomic E-state index is 11.8. The minimum atomic E-state index is -0.781. The molecule has 0 heterocycles. The fourth-order valence-corrected chi connectivity index (χ4v) is 1.42. The van der Waals surface area contributed by atoms with E-state index in [9.17, 15) is 9.59 Å². The lowest BCUT2D eigenvalue weighted by Gasteiger charge is -2.20. The molecular formula is C12H16BrN3O2. The lowest BCUT2D eigenvalue weighted by molar-refractivity contribution is -0.125. The number of carbonyl (C=O) groups is 2. The quantitative estimate of drug-likeness (QED) is 0.730. The van der Waals surface area contributed by atoms with Crippen LogP contribution in [0.15, 0.2) is 22.7 Å². The van der Waals surface area contributed by atoms with Crippen molar-refractivity contribution in [2.45, 2.75) is 13.8 Å². The third-order valence-electron chi connectivity index (χ3n) is 2.62. The number of nitrogens with one attached hydrogen (secondary N) is 1. The predicted octanol–water partition coefficient (Wildman–Crippen LogP) is 1.27. The number of nitrogen functional groups attached to an aromatic ring is 1. The van der Waals surface area contributed by atoms with E-state index in [-0.39, 0.29) is 12.5 Å². The molecule has 0 saturated heterocycles. The Labute approximate surface area is 114 Å². The third kappa shape index (κ3) is 3.46. The van der Waals surface area contributed by atoms with Crippen molar-refractivity contribution in [1.82, 2.24) is 5.32 Å². The van der Waals surface area contributed by atoms with Crippen molar-refractivity contribution in [2.24, 2.45) is 11.1 Å². The average molecular weight is 314 g/mol. The fraction of sp³-hybridized carbons (Fsp3) is 0.333. The number of rotatable bonds is 4. The molecule has 1 rings (SSSR count). The van der Waals surface area contributed by atoms with E-state index in [4.69, 9.17) is 11.5 Å². The van der Waals surface area contributed by atoms with Crippen LogP contribution in [0.4, 0.5) is 5.69 Å². The van der Waals surface area contributed by atoms with Gasteiger partial charge in [-0.25, -0.2) is 0 Å². The monoisotopic (exact) mass is 313 g/mol. The number of amides is 2. The lowest BCUT2D eigenvalue weighted by atomic mass is 9.92. The summed E-state index contributed by atoms with van der Waals surface area (Å²) < 4.78 is 0.733. The second kappa shape index (κ2) is 5.39. The van der Waals surface area contributed by atoms with Gasteiger partial charge in [0.05, 0.1) is 5.41 Å². The van der Waals surface area contributed by atoms with Gasteiger partial charge in [-0.1, -0.05) is 0 Å². The van der Waals surface area contributed by atoms with Gasteiger partial charge in [0.25, 0.3) is 5.91 Å². The third-order valence-corrected chi connectivity index (χ3v) is 3.34. The summed E-state index contributed by atoms with van der Waals surface area (Å²) in [7, 11) is 0. The Morgan fingerprint density at radius 1 is 1.39 bits per heavy atom. The van der Waals surface area contributed by atoms with E-state index in [2.05, 4.69) is 21.2 Å². The molecular weight excluding hydrogens is 298 g/mol. The van der Waals surface area contributed by atoms with Gasteiger partial charge in [-0.3, -0.25) is 9.59 Å². The van der Waals surface area contributed by atoms with E-state index in [0.29, 0.717) is 11.3 Å². The van der Waals surface area contributed by atoms with Gasteiger partial charge in [0.15, 0.2) is 0 Å². The van der Waals surface area contributed by atoms with Gasteiger partial charge in [-0.15, -0.1) is 0 Å². The number of hydrogen-bond donors (Lipinski definition) is 3. The van der Waals surface area contributed by atoms with Crippen molar-refractivity contribution in [2.75, 3.05) is 12.3 Å². The number of primary amides is 1. The molecule has 0 aliphatic heterocycles. The van der Waals surface area contributed by atoms with Gasteiger partial charge in [-0.05, 0) is 48.0 Å². The first kappa shape index (κ1) is 14.5. The fourth-order valence-electron chi connectivity index (χ4n) is 1.18. The molecule has 0 atom stereocenters. The molecule has 0 aromatic heterocycles. The Morgan fingerprint density at radius 2 is 2.00 bits per heavy atom. The summed E-state index contributed by atoms with van der Waals surface area (Å²) in [5.41, 5.74) is 11.1. The number of hydrogen-bond acceptors (Lipinski definition) is 3. The zero-order valence-electron chi connectivity index (χ0n) is 10.3. The summed E-state index contributed by atoms with van der Waals surface area (Å²) in [6, 6.07) is 4.91. The highest BCUT2D eigenvalue weighted by atomic mass is 79.9. The summed E-state index contributed by atoms with van der Waals surface area (Å²) in [5.74, 6) is -0.748. The smallest absolute Gasteiger partial charge is 0.251 e. The van der Waals surface area contributed by atoms with Gasteiger partial charge >= 0.3 is 0 Å². The van der Waals surface area contributed by atoms with Crippen LogP contribution in [-0.2, 0) is 4.79 Å². The Bertz CT molecular complexity index is 486. The molecule has 5 N–H and O–H groups in total. The van der Waals surface area contributed by atoms with Gasteiger partial charge in [0.2, 0.25) is 5.91 Å². The van der Waals surface area contributed by atoms with Crippen molar-refractivity contribution in [3.05, 3.63) is 28.2 Å². The Hall–Kier alpha value is -1.56. The van der Waals surface area contributed by atoms with Crippen LogP contribution in [0.5, 0.6) is 0 Å². The van der Waals surface area contributed by atoms with E-state index in [1.54, 1.807) is 32.0 Å². The number of benzene rings is 1. The average Bonchev–Trinajstić information content (AvgIpc) is 2.29. The number of anilines is 1. The molecule has 0 radical (unpaired) electrons. The van der Waals surface area contributed by atoms with Gasteiger partial charge in [0.1, 0.15) is 0 Å². The normalized spacial score (nSPS) is 11.1. The topological polar surface area (TPSA) is 98.2 Å². The van der Waals surface area contributed by atoms with Crippen LogP contribution < -0.4 is 16.8 Å². The molecule has 6 heteroatoms. The van der Waals surface area contributed by atoms with Crippen LogP contribution in [0.1, 0.15) is 24.2 Å². The first-order valence-corrected chi connectivity index (χ1v) is 6.16. The first-order valence-electron chi connectivity index (χ1n) is 5.37. The molecule has 18 heavy (non-hydrogen) atoms. The number of carbonyl (C=O) groups excluding carboxylic acids is 2. The standard InChI is InChI=1S/C12H16BrN3O2/c1-12(2,11(15)18)6-16-10(17)7-3-4-8(13)9(14)5-7/h3-5H,6,14H2,1-2H3,(H2,15,18)(H,16,17). The van der Waals surface area contributed by atoms with E-state index < -0.39 is 11.3 Å². The molecule has 98 valence electrons. The van der Waals surface area contributed by atoms with Crippen molar-refractivity contribution in [3.63, 3.8) is 0 Å². The van der Waals surface area contributed by atoms with E-state index >= 15 is 0 Å². The maximum absolute atomic E-state index is 11.8. The number of halogens is 1. The van der Waals surface area contributed by atoms with Gasteiger partial charge in [-0.2, -0.15) is 0 Å². The summed E-state index contributed by atoms with van der Waals surface area (Å²) in [5, 5.41) is 2.66. The van der Waals surface area contributed by atoms with Crippen LogP contribution in [0.3, 0.4) is 0 Å². The van der Waals surface area contributed by atoms with Crippen LogP contribution >= 0.6 is 15.9 Å². The summed E-state index contributed by atoms with van der Waals surface area (Å²) in [4.78, 5) is 23.0. The van der Waals surface area contributed by atoms with Crippen molar-refractivity contribution < 1.29 is 9.59 Å². The van der Waals surface area contributed by atoms with E-state index in [1.807, 2.05) is 0 Å². The molecule has 5 nitrogen and oxygen atoms in total. The lowest BCUT2D eigenvalue weighted by Crippen LogP contribution is -2.42. The zero-order valence-corrected chi connectivity index (χ0v) is 11.9. The molecule has 0 aliphatic rings. The molecule has 0 spiro atoms. The summed E-state index contributed by atoms with van der Waals surface area (Å²) in [6.07, 6.45) is 0. The minimum absolute atomic E-state index is 0.178. The SMILES string of the molecule is CC(C)(CNC(=O)c1ccc(Br)c(N)c1)C(N)=O. The summed E-state index contributed by atoms with van der Waals surface area (Å²) in [6.45, 7) is 3.52. The molecule has 1 aromatic carbocycles. The Balaban J connectivity index is 2.72. The van der Waals surface area contributed by atoms with E-state index in [1.165, 1.54) is 0 Å². The van der Waals surface area contributed by atoms with Crippen LogP contribution in [-0.4, -0.2) is 18.4 Å². The van der Waals surface area contributed by atoms with Crippen LogP contribution in [0, 0.1) is 5.41 Å². The van der Waals surface area contributed by atoms with Crippen molar-refractivity contribution >= 4 is 33.4 Å². The largest absolute Gasteiger partial charge is 0.398 e. The van der Waals surface area contributed by atoms with Gasteiger partial charge in [0, 0.05) is 22.3 Å². The Morgan fingerprint density at radius 3 is 2.50 bits per heavy atom. The minimum Gasteiger partial charge on any atom is -0.398 e. The van der Waals surface area contributed by atoms with Crippen molar-refractivity contribution in [1.29, 1.82) is 0 Å². The Kier molecular flexibility index (Phi) is 4.34. The van der Waals surface area contributed by atoms with Crippen LogP contribution in [0.2, 0.25) is 0 Å². The van der Waals surface area contributed by atoms with Crippen LogP contribution in [0.25, 0.3) is 0 Å². The molecule has 0 saturated carbocycles. The molecule has 2 amide bonds. The molecule has 0 bridgehead atoms. The second-order valence-corrected chi connectivity index (χ2v) is 5.52. The number of nitrogens with two attached hydrogens (primary N) is 2. The molecule has 0 unspecified atom stereocenters.